The molecule has 4 aliphatic rings. The fraction of sp³-hybridized carbons (Fsp3) is 0.462. The van der Waals surface area contributed by atoms with Crippen molar-refractivity contribution in [2.24, 2.45) is 5.92 Å². The number of hydrogen-bond acceptors (Lipinski definition) is 10. The van der Waals surface area contributed by atoms with Gasteiger partial charge in [0.1, 0.15) is 5.75 Å². The van der Waals surface area contributed by atoms with Gasteiger partial charge < -0.3 is 25.2 Å². The molecule has 3 amide bonds. The first-order chi connectivity index (χ1) is 25.9. The van der Waals surface area contributed by atoms with E-state index in [1.165, 1.54) is 10.5 Å². The Labute approximate surface area is 315 Å². The topological polar surface area (TPSA) is 124 Å². The van der Waals surface area contributed by atoms with Crippen molar-refractivity contribution in [1.29, 1.82) is 0 Å². The maximum Gasteiger partial charge on any atom is 0.331 e. The van der Waals surface area contributed by atoms with Gasteiger partial charge >= 0.3 is 6.03 Å². The number of methoxy groups -OCH3 is 1. The number of amides is 3. The van der Waals surface area contributed by atoms with E-state index in [0.29, 0.717) is 35.2 Å². The standard InChI is InChI=1S/C39H47ClN10O3/c1-53-33-5-2-27(3-6-33)25-49-37(51)13-19-48(39(49)52)36-7-4-32(20-34(36)40)47-17-9-28(10-18-47)24-46-15-11-31(12-16-46)50-26-30(22-43-50)44-38-42-21-29-8-14-41-23-35(29)45-38/h2-7,20-22,26,28,31,41H,8-19,23-25H2,1H3,(H,42,44,45). The molecule has 0 spiro atoms. The molecule has 3 fully saturated rings. The van der Waals surface area contributed by atoms with E-state index < -0.39 is 0 Å². The molecule has 2 N–H and O–H groups in total. The number of rotatable bonds is 10. The number of anilines is 4. The zero-order chi connectivity index (χ0) is 36.3. The number of nitrogens with zero attached hydrogens (tertiary/aromatic N) is 8. The minimum absolute atomic E-state index is 0.183. The van der Waals surface area contributed by atoms with Crippen LogP contribution in [0.25, 0.3) is 0 Å². The van der Waals surface area contributed by atoms with Crippen molar-refractivity contribution in [3.8, 4) is 5.75 Å². The zero-order valence-corrected chi connectivity index (χ0v) is 31.0. The first-order valence-electron chi connectivity index (χ1n) is 18.8. The molecule has 4 aromatic rings. The third kappa shape index (κ3) is 7.97. The lowest BCUT2D eigenvalue weighted by atomic mass is 9.94. The molecule has 8 rings (SSSR count). The smallest absolute Gasteiger partial charge is 0.331 e. The highest BCUT2D eigenvalue weighted by Gasteiger charge is 2.34. The van der Waals surface area contributed by atoms with Crippen LogP contribution in [0.4, 0.5) is 27.8 Å². The summed E-state index contributed by atoms with van der Waals surface area (Å²) in [5.41, 5.74) is 5.77. The number of imide groups is 1. The summed E-state index contributed by atoms with van der Waals surface area (Å²) < 4.78 is 7.34. The molecule has 0 radical (unpaired) electrons. The lowest BCUT2D eigenvalue weighted by Gasteiger charge is -2.38. The van der Waals surface area contributed by atoms with Crippen molar-refractivity contribution in [3.05, 3.63) is 82.9 Å². The lowest BCUT2D eigenvalue weighted by Crippen LogP contribution is -2.52. The molecule has 0 aliphatic carbocycles. The highest BCUT2D eigenvalue weighted by atomic mass is 35.5. The second kappa shape index (κ2) is 15.7. The number of carbonyl (C=O) groups is 2. The number of likely N-dealkylation sites (tertiary alicyclic amines) is 1. The molecule has 0 saturated carbocycles. The van der Waals surface area contributed by atoms with E-state index in [-0.39, 0.29) is 24.9 Å². The monoisotopic (exact) mass is 738 g/mol. The van der Waals surface area contributed by atoms with Gasteiger partial charge in [0, 0.05) is 70.3 Å². The molecular formula is C39H47ClN10O3. The summed E-state index contributed by atoms with van der Waals surface area (Å²) in [5, 5.41) is 11.9. The summed E-state index contributed by atoms with van der Waals surface area (Å²) in [5.74, 6) is 1.82. The largest absolute Gasteiger partial charge is 0.497 e. The molecule has 53 heavy (non-hydrogen) atoms. The number of urea groups is 1. The quantitative estimate of drug-likeness (QED) is 0.212. The van der Waals surface area contributed by atoms with Gasteiger partial charge in [-0.3, -0.25) is 19.3 Å². The van der Waals surface area contributed by atoms with Crippen LogP contribution in [0, 0.1) is 5.92 Å². The minimum Gasteiger partial charge on any atom is -0.497 e. The Bertz CT molecular complexity index is 1920. The van der Waals surface area contributed by atoms with Gasteiger partial charge in [0.2, 0.25) is 11.9 Å². The second-order valence-electron chi connectivity index (χ2n) is 14.5. The lowest BCUT2D eigenvalue weighted by molar-refractivity contribution is -0.129. The molecular weight excluding hydrogens is 692 g/mol. The van der Waals surface area contributed by atoms with Crippen LogP contribution in [0.15, 0.2) is 61.1 Å². The van der Waals surface area contributed by atoms with Gasteiger partial charge in [-0.25, -0.2) is 14.8 Å². The molecule has 4 aliphatic heterocycles. The minimum atomic E-state index is -0.350. The van der Waals surface area contributed by atoms with Crippen LogP contribution < -0.4 is 25.2 Å². The Balaban J connectivity index is 0.797. The van der Waals surface area contributed by atoms with Crippen molar-refractivity contribution in [3.63, 3.8) is 0 Å². The van der Waals surface area contributed by atoms with E-state index in [1.54, 1.807) is 12.0 Å². The van der Waals surface area contributed by atoms with Crippen LogP contribution in [0.5, 0.6) is 5.75 Å². The van der Waals surface area contributed by atoms with Crippen LogP contribution in [-0.4, -0.2) is 94.4 Å². The molecule has 3 saturated heterocycles. The van der Waals surface area contributed by atoms with E-state index in [9.17, 15) is 9.59 Å². The van der Waals surface area contributed by atoms with Crippen LogP contribution in [0.2, 0.25) is 5.02 Å². The summed E-state index contributed by atoms with van der Waals surface area (Å²) in [4.78, 5) is 43.4. The number of aromatic nitrogens is 4. The first-order valence-corrected chi connectivity index (χ1v) is 19.2. The van der Waals surface area contributed by atoms with Crippen LogP contribution >= 0.6 is 11.6 Å². The SMILES string of the molecule is COc1ccc(CN2C(=O)CCN(c3ccc(N4CCC(CN5CCC(n6cc(Nc7ncc8c(n7)CNCC8)cn6)CC5)CC4)cc3Cl)C2=O)cc1. The van der Waals surface area contributed by atoms with Gasteiger partial charge in [-0.1, -0.05) is 23.7 Å². The van der Waals surface area contributed by atoms with Crippen molar-refractivity contribution in [2.75, 3.05) is 68.0 Å². The molecule has 14 heteroatoms. The average molecular weight is 739 g/mol. The molecule has 0 unspecified atom stereocenters. The Morgan fingerprint density at radius 1 is 0.962 bits per heavy atom. The first kappa shape index (κ1) is 35.3. The zero-order valence-electron chi connectivity index (χ0n) is 30.2. The van der Waals surface area contributed by atoms with E-state index in [0.717, 1.165) is 106 Å². The molecule has 0 atom stereocenters. The van der Waals surface area contributed by atoms with Gasteiger partial charge in [-0.2, -0.15) is 5.10 Å². The summed E-state index contributed by atoms with van der Waals surface area (Å²) in [6.07, 6.45) is 11.5. The highest BCUT2D eigenvalue weighted by molar-refractivity contribution is 6.34. The Hall–Kier alpha value is -4.72. The second-order valence-corrected chi connectivity index (χ2v) is 14.9. The van der Waals surface area contributed by atoms with Gasteiger partial charge in [0.25, 0.3) is 0 Å². The van der Waals surface area contributed by atoms with Gasteiger partial charge in [-0.05, 0) is 86.0 Å². The molecule has 6 heterocycles. The van der Waals surface area contributed by atoms with Crippen LogP contribution in [0.3, 0.4) is 0 Å². The number of halogens is 1. The summed E-state index contributed by atoms with van der Waals surface area (Å²) >= 11 is 6.84. The fourth-order valence-corrected chi connectivity index (χ4v) is 8.30. The molecule has 278 valence electrons. The molecule has 2 aromatic carbocycles. The fourth-order valence-electron chi connectivity index (χ4n) is 8.03. The number of carbonyl (C=O) groups excluding carboxylic acids is 2. The maximum absolute atomic E-state index is 13.5. The van der Waals surface area contributed by atoms with Crippen molar-refractivity contribution in [1.82, 2.24) is 34.9 Å². The highest BCUT2D eigenvalue weighted by Crippen LogP contribution is 2.35. The molecule has 13 nitrogen and oxygen atoms in total. The average Bonchev–Trinajstić information content (AvgIpc) is 3.66. The number of hydrogen-bond donors (Lipinski definition) is 2. The van der Waals surface area contributed by atoms with E-state index in [1.807, 2.05) is 48.8 Å². The number of fused-ring (bicyclic) bond motifs is 1. The van der Waals surface area contributed by atoms with Crippen LogP contribution in [-0.2, 0) is 24.3 Å². The Morgan fingerprint density at radius 3 is 2.55 bits per heavy atom. The number of benzene rings is 2. The summed E-state index contributed by atoms with van der Waals surface area (Å²) in [6.45, 7) is 7.48. The Morgan fingerprint density at radius 2 is 1.77 bits per heavy atom. The van der Waals surface area contributed by atoms with E-state index in [2.05, 4.69) is 47.5 Å². The van der Waals surface area contributed by atoms with Gasteiger partial charge in [0.05, 0.1) is 48.0 Å². The van der Waals surface area contributed by atoms with Crippen molar-refractivity contribution in [2.45, 2.75) is 57.7 Å². The maximum atomic E-state index is 13.5. The van der Waals surface area contributed by atoms with Crippen molar-refractivity contribution < 1.29 is 14.3 Å². The third-order valence-electron chi connectivity index (χ3n) is 11.1. The predicted molar refractivity (Wildman–Crippen MR) is 205 cm³/mol. The van der Waals surface area contributed by atoms with E-state index >= 15 is 0 Å². The Kier molecular flexibility index (Phi) is 10.5. The summed E-state index contributed by atoms with van der Waals surface area (Å²) in [7, 11) is 1.61. The molecule has 2 aromatic heterocycles. The predicted octanol–water partition coefficient (Wildman–Crippen LogP) is 5.64. The molecule has 0 bridgehead atoms. The summed E-state index contributed by atoms with van der Waals surface area (Å²) in [6, 6.07) is 13.4. The normalized spacial score (nSPS) is 19.1. The number of nitrogens with one attached hydrogen (secondary N) is 2. The number of piperidine rings is 2. The number of ether oxygens (including phenoxy) is 1. The third-order valence-corrected chi connectivity index (χ3v) is 11.4. The van der Waals surface area contributed by atoms with Gasteiger partial charge in [-0.15, -0.1) is 0 Å². The van der Waals surface area contributed by atoms with Gasteiger partial charge in [0.15, 0.2) is 0 Å². The van der Waals surface area contributed by atoms with Crippen LogP contribution in [0.1, 0.15) is 55.0 Å². The van der Waals surface area contributed by atoms with Crippen molar-refractivity contribution >= 4 is 46.5 Å². The van der Waals surface area contributed by atoms with E-state index in [4.69, 9.17) is 21.3 Å².